The zero-order valence-electron chi connectivity index (χ0n) is 21.9. The molecule has 3 heterocycles. The van der Waals surface area contributed by atoms with Gasteiger partial charge in [-0.1, -0.05) is 12.1 Å². The molecule has 0 radical (unpaired) electrons. The van der Waals surface area contributed by atoms with Crippen LogP contribution in [0, 0.1) is 0 Å². The van der Waals surface area contributed by atoms with E-state index in [1.54, 1.807) is 48.5 Å². The molecule has 12 nitrogen and oxygen atoms in total. The minimum atomic E-state index is -3.49. The van der Waals surface area contributed by atoms with Gasteiger partial charge in [-0.15, -0.1) is 0 Å². The highest BCUT2D eigenvalue weighted by atomic mass is 32.2. The van der Waals surface area contributed by atoms with Crippen LogP contribution >= 0.6 is 0 Å². The molecule has 13 heteroatoms. The van der Waals surface area contributed by atoms with E-state index in [2.05, 4.69) is 30.3 Å². The van der Waals surface area contributed by atoms with Crippen LogP contribution in [0.5, 0.6) is 5.75 Å². The first-order valence-electron chi connectivity index (χ1n) is 12.3. The van der Waals surface area contributed by atoms with Crippen molar-refractivity contribution in [3.63, 3.8) is 0 Å². The Labute approximate surface area is 227 Å². The number of rotatable bonds is 9. The first-order valence-corrected chi connectivity index (χ1v) is 14.2. The molecule has 2 aromatic carbocycles. The molecule has 0 bridgehead atoms. The second-order valence-corrected chi connectivity index (χ2v) is 10.8. The third-order valence-electron chi connectivity index (χ3n) is 6.09. The molecule has 204 valence electrons. The van der Waals surface area contributed by atoms with E-state index in [-0.39, 0.29) is 0 Å². The van der Waals surface area contributed by atoms with Crippen LogP contribution in [0.2, 0.25) is 0 Å². The number of aromatic nitrogens is 4. The van der Waals surface area contributed by atoms with Gasteiger partial charge in [0, 0.05) is 55.4 Å². The van der Waals surface area contributed by atoms with Crippen molar-refractivity contribution < 1.29 is 17.9 Å². The van der Waals surface area contributed by atoms with E-state index in [1.165, 1.54) is 0 Å². The summed E-state index contributed by atoms with van der Waals surface area (Å²) in [6, 6.07) is 12.9. The van der Waals surface area contributed by atoms with E-state index in [4.69, 9.17) is 14.5 Å². The molecule has 39 heavy (non-hydrogen) atoms. The van der Waals surface area contributed by atoms with Crippen LogP contribution in [0.15, 0.2) is 61.1 Å². The number of sulfonamides is 1. The lowest BCUT2D eigenvalue weighted by Gasteiger charge is -2.29. The molecule has 1 fully saturated rings. The summed E-state index contributed by atoms with van der Waals surface area (Å²) < 4.78 is 39.2. The third-order valence-corrected chi connectivity index (χ3v) is 6.68. The number of morpholine rings is 1. The number of anilines is 6. The normalized spacial score (nSPS) is 13.7. The van der Waals surface area contributed by atoms with Gasteiger partial charge in [0.1, 0.15) is 11.6 Å². The number of para-hydroxylation sites is 2. The number of hydrogen-bond acceptors (Lipinski definition) is 10. The van der Waals surface area contributed by atoms with Crippen LogP contribution < -0.4 is 25.0 Å². The highest BCUT2D eigenvalue weighted by Gasteiger charge is 2.17. The van der Waals surface area contributed by atoms with Crippen LogP contribution in [0.3, 0.4) is 0 Å². The Morgan fingerprint density at radius 2 is 1.77 bits per heavy atom. The Kier molecular flexibility index (Phi) is 7.52. The molecule has 0 saturated carbocycles. The van der Waals surface area contributed by atoms with Crippen molar-refractivity contribution in [2.45, 2.75) is 0 Å². The van der Waals surface area contributed by atoms with Crippen molar-refractivity contribution in [2.75, 3.05) is 59.9 Å². The number of benzene rings is 2. The van der Waals surface area contributed by atoms with Gasteiger partial charge in [0.2, 0.25) is 16.0 Å². The number of aryl methyl sites for hydroxylation is 1. The standard InChI is InChI=1S/C26H30N8O4S/c1-33-17-18(15-28-33)20-16-27-26(31-25(20)29-21-6-4-5-7-22(21)32-39(3,35)36)30-23-9-8-19(14-24(23)37-2)34-10-12-38-13-11-34/h4-9,14-17,32H,10-13H2,1-3H3,(H2,27,29,30,31). The average molecular weight is 551 g/mol. The minimum Gasteiger partial charge on any atom is -0.494 e. The van der Waals surface area contributed by atoms with Gasteiger partial charge in [-0.25, -0.2) is 13.4 Å². The Bertz CT molecular complexity index is 1570. The van der Waals surface area contributed by atoms with Crippen LogP contribution in [-0.4, -0.2) is 67.8 Å². The first-order chi connectivity index (χ1) is 18.8. The Morgan fingerprint density at radius 1 is 1.00 bits per heavy atom. The molecule has 0 atom stereocenters. The molecule has 3 N–H and O–H groups in total. The van der Waals surface area contributed by atoms with Crippen LogP contribution in [-0.2, 0) is 21.8 Å². The lowest BCUT2D eigenvalue weighted by atomic mass is 10.1. The molecule has 0 unspecified atom stereocenters. The molecule has 0 aliphatic carbocycles. The Balaban J connectivity index is 1.48. The number of hydrogen-bond donors (Lipinski definition) is 3. The van der Waals surface area contributed by atoms with Gasteiger partial charge in [0.15, 0.2) is 0 Å². The van der Waals surface area contributed by atoms with Crippen molar-refractivity contribution in [3.05, 3.63) is 61.1 Å². The number of nitrogens with zero attached hydrogens (tertiary/aromatic N) is 5. The van der Waals surface area contributed by atoms with Gasteiger partial charge < -0.3 is 25.0 Å². The molecular weight excluding hydrogens is 520 g/mol. The summed E-state index contributed by atoms with van der Waals surface area (Å²) in [7, 11) is -0.0474. The Morgan fingerprint density at radius 3 is 2.46 bits per heavy atom. The number of nitrogens with one attached hydrogen (secondary N) is 3. The molecular formula is C26H30N8O4S. The van der Waals surface area contributed by atoms with Gasteiger partial charge in [-0.3, -0.25) is 9.40 Å². The minimum absolute atomic E-state index is 0.330. The lowest BCUT2D eigenvalue weighted by Crippen LogP contribution is -2.36. The first kappa shape index (κ1) is 26.3. The maximum absolute atomic E-state index is 11.9. The quantitative estimate of drug-likeness (QED) is 0.284. The molecule has 4 aromatic rings. The van der Waals surface area contributed by atoms with Gasteiger partial charge in [-0.2, -0.15) is 10.1 Å². The topological polar surface area (TPSA) is 136 Å². The van der Waals surface area contributed by atoms with Gasteiger partial charge in [-0.05, 0) is 24.3 Å². The molecule has 1 aliphatic rings. The maximum atomic E-state index is 11.9. The number of ether oxygens (including phenoxy) is 2. The summed E-state index contributed by atoms with van der Waals surface area (Å²) in [5, 5.41) is 10.8. The van der Waals surface area contributed by atoms with E-state index in [9.17, 15) is 8.42 Å². The van der Waals surface area contributed by atoms with Crippen molar-refractivity contribution in [1.29, 1.82) is 0 Å². The van der Waals surface area contributed by atoms with Crippen molar-refractivity contribution in [1.82, 2.24) is 19.7 Å². The Hall–Kier alpha value is -4.36. The van der Waals surface area contributed by atoms with E-state index in [0.29, 0.717) is 53.4 Å². The van der Waals surface area contributed by atoms with Crippen LogP contribution in [0.4, 0.5) is 34.5 Å². The zero-order valence-corrected chi connectivity index (χ0v) is 22.7. The summed E-state index contributed by atoms with van der Waals surface area (Å²) >= 11 is 0. The van der Waals surface area contributed by atoms with Crippen molar-refractivity contribution in [2.24, 2.45) is 7.05 Å². The molecule has 0 spiro atoms. The highest BCUT2D eigenvalue weighted by molar-refractivity contribution is 7.92. The predicted octanol–water partition coefficient (Wildman–Crippen LogP) is 3.58. The van der Waals surface area contributed by atoms with Crippen molar-refractivity contribution in [3.8, 4) is 16.9 Å². The fourth-order valence-corrected chi connectivity index (χ4v) is 4.82. The fraction of sp³-hybridized carbons (Fsp3) is 0.269. The molecule has 2 aromatic heterocycles. The summed E-state index contributed by atoms with van der Waals surface area (Å²) in [4.78, 5) is 11.5. The number of methoxy groups -OCH3 is 1. The average Bonchev–Trinajstić information content (AvgIpc) is 3.36. The van der Waals surface area contributed by atoms with Crippen molar-refractivity contribution >= 4 is 44.5 Å². The second kappa shape index (κ2) is 11.2. The van der Waals surface area contributed by atoms with Gasteiger partial charge in [0.05, 0.1) is 49.8 Å². The molecule has 1 saturated heterocycles. The van der Waals surface area contributed by atoms with E-state index in [0.717, 1.165) is 30.6 Å². The van der Waals surface area contributed by atoms with E-state index in [1.807, 2.05) is 31.4 Å². The molecule has 1 aliphatic heterocycles. The van der Waals surface area contributed by atoms with Crippen LogP contribution in [0.25, 0.3) is 11.1 Å². The van der Waals surface area contributed by atoms with Gasteiger partial charge in [0.25, 0.3) is 0 Å². The lowest BCUT2D eigenvalue weighted by molar-refractivity contribution is 0.122. The van der Waals surface area contributed by atoms with E-state index < -0.39 is 10.0 Å². The molecule has 5 rings (SSSR count). The summed E-state index contributed by atoms with van der Waals surface area (Å²) in [5.41, 5.74) is 4.17. The summed E-state index contributed by atoms with van der Waals surface area (Å²) in [6.45, 7) is 3.02. The van der Waals surface area contributed by atoms with Crippen LogP contribution in [0.1, 0.15) is 0 Å². The molecule has 0 amide bonds. The zero-order chi connectivity index (χ0) is 27.4. The van der Waals surface area contributed by atoms with Gasteiger partial charge >= 0.3 is 0 Å². The second-order valence-electron chi connectivity index (χ2n) is 9.01. The highest BCUT2D eigenvalue weighted by Crippen LogP contribution is 2.35. The fourth-order valence-electron chi connectivity index (χ4n) is 4.24. The smallest absolute Gasteiger partial charge is 0.229 e. The monoisotopic (exact) mass is 550 g/mol. The largest absolute Gasteiger partial charge is 0.494 e. The predicted molar refractivity (Wildman–Crippen MR) is 152 cm³/mol. The third kappa shape index (κ3) is 6.38. The summed E-state index contributed by atoms with van der Waals surface area (Å²) in [6.07, 6.45) is 6.36. The van der Waals surface area contributed by atoms with E-state index >= 15 is 0 Å². The summed E-state index contributed by atoms with van der Waals surface area (Å²) in [5.74, 6) is 1.44. The maximum Gasteiger partial charge on any atom is 0.229 e. The SMILES string of the molecule is COc1cc(N2CCOCC2)ccc1Nc1ncc(-c2cnn(C)c2)c(Nc2ccccc2NS(C)(=O)=O)n1.